The summed E-state index contributed by atoms with van der Waals surface area (Å²) in [6, 6.07) is 0.157. The van der Waals surface area contributed by atoms with Gasteiger partial charge in [0.25, 0.3) is 0 Å². The van der Waals surface area contributed by atoms with Crippen LogP contribution in [0, 0.1) is 5.41 Å². The number of allylic oxidation sites excluding steroid dienone is 3. The average Bonchev–Trinajstić information content (AvgIpc) is 2.74. The van der Waals surface area contributed by atoms with E-state index in [2.05, 4.69) is 20.8 Å². The smallest absolute Gasteiger partial charge is 0.246 e. The molecule has 0 bridgehead atoms. The van der Waals surface area contributed by atoms with Crippen molar-refractivity contribution in [3.05, 3.63) is 23.3 Å². The van der Waals surface area contributed by atoms with Crippen molar-refractivity contribution in [2.75, 3.05) is 13.1 Å². The van der Waals surface area contributed by atoms with Crippen molar-refractivity contribution in [1.82, 2.24) is 4.90 Å². The minimum atomic E-state index is 0.106. The van der Waals surface area contributed by atoms with Gasteiger partial charge in [0.1, 0.15) is 0 Å². The molecule has 2 rings (SSSR count). The molecular formula is C16H26N2O. The molecule has 0 unspecified atom stereocenters. The van der Waals surface area contributed by atoms with E-state index < -0.39 is 0 Å². The summed E-state index contributed by atoms with van der Waals surface area (Å²) in [6.45, 7) is 8.23. The monoisotopic (exact) mass is 262 g/mol. The first-order valence-electron chi connectivity index (χ1n) is 7.33. The maximum Gasteiger partial charge on any atom is 0.246 e. The Bertz CT molecular complexity index is 420. The van der Waals surface area contributed by atoms with E-state index in [4.69, 9.17) is 5.73 Å². The predicted octanol–water partition coefficient (Wildman–Crippen LogP) is 2.63. The first-order chi connectivity index (χ1) is 8.90. The number of carbonyl (C=O) groups excluding carboxylic acids is 1. The lowest BCUT2D eigenvalue weighted by molar-refractivity contribution is -0.125. The largest absolute Gasteiger partial charge is 0.338 e. The van der Waals surface area contributed by atoms with Gasteiger partial charge in [0.2, 0.25) is 5.91 Å². The van der Waals surface area contributed by atoms with E-state index in [1.165, 1.54) is 24.0 Å². The molecule has 1 aliphatic heterocycles. The molecule has 0 spiro atoms. The summed E-state index contributed by atoms with van der Waals surface area (Å²) in [4.78, 5) is 14.0. The van der Waals surface area contributed by atoms with Gasteiger partial charge in [-0.2, -0.15) is 0 Å². The topological polar surface area (TPSA) is 46.3 Å². The van der Waals surface area contributed by atoms with Crippen molar-refractivity contribution in [3.63, 3.8) is 0 Å². The molecule has 0 aromatic rings. The molecule has 2 aliphatic rings. The predicted molar refractivity (Wildman–Crippen MR) is 78.6 cm³/mol. The van der Waals surface area contributed by atoms with E-state index in [0.717, 1.165) is 19.4 Å². The summed E-state index contributed by atoms with van der Waals surface area (Å²) in [5.41, 5.74) is 8.81. The van der Waals surface area contributed by atoms with Gasteiger partial charge in [-0.25, -0.2) is 0 Å². The summed E-state index contributed by atoms with van der Waals surface area (Å²) in [6.07, 6.45) is 8.32. The van der Waals surface area contributed by atoms with E-state index in [9.17, 15) is 4.79 Å². The first-order valence-corrected chi connectivity index (χ1v) is 7.33. The van der Waals surface area contributed by atoms with Gasteiger partial charge in [0.15, 0.2) is 0 Å². The Morgan fingerprint density at radius 3 is 2.79 bits per heavy atom. The highest BCUT2D eigenvalue weighted by molar-refractivity contribution is 5.88. The Balaban J connectivity index is 2.07. The van der Waals surface area contributed by atoms with Crippen LogP contribution in [0.2, 0.25) is 0 Å². The van der Waals surface area contributed by atoms with Crippen LogP contribution in [0.15, 0.2) is 23.3 Å². The summed E-state index contributed by atoms with van der Waals surface area (Å²) >= 11 is 0. The third-order valence-electron chi connectivity index (χ3n) is 4.47. The molecule has 1 fully saturated rings. The molecule has 0 aromatic carbocycles. The van der Waals surface area contributed by atoms with Crippen LogP contribution >= 0.6 is 0 Å². The number of hydrogen-bond acceptors (Lipinski definition) is 2. The Morgan fingerprint density at radius 1 is 1.47 bits per heavy atom. The third kappa shape index (κ3) is 3.27. The molecule has 0 radical (unpaired) electrons. The number of hydrogen-bond donors (Lipinski definition) is 1. The summed E-state index contributed by atoms with van der Waals surface area (Å²) in [5.74, 6) is 0.106. The molecule has 0 saturated carbocycles. The second-order valence-corrected chi connectivity index (χ2v) is 6.60. The highest BCUT2D eigenvalue weighted by atomic mass is 16.2. The molecule has 0 aromatic heterocycles. The highest BCUT2D eigenvalue weighted by Crippen LogP contribution is 2.40. The number of likely N-dealkylation sites (tertiary alicyclic amines) is 1. The van der Waals surface area contributed by atoms with Gasteiger partial charge in [-0.3, -0.25) is 4.79 Å². The molecule has 1 heterocycles. The third-order valence-corrected chi connectivity index (χ3v) is 4.47. The fourth-order valence-electron chi connectivity index (χ4n) is 3.26. The van der Waals surface area contributed by atoms with Crippen molar-refractivity contribution < 1.29 is 4.79 Å². The van der Waals surface area contributed by atoms with E-state index in [1.807, 2.05) is 11.0 Å². The van der Waals surface area contributed by atoms with Gasteiger partial charge in [0, 0.05) is 25.2 Å². The lowest BCUT2D eigenvalue weighted by Crippen LogP contribution is -2.30. The maximum absolute atomic E-state index is 12.1. The molecule has 19 heavy (non-hydrogen) atoms. The molecule has 1 amide bonds. The summed E-state index contributed by atoms with van der Waals surface area (Å²) < 4.78 is 0. The number of carbonyl (C=O) groups is 1. The summed E-state index contributed by atoms with van der Waals surface area (Å²) in [7, 11) is 0. The SMILES string of the molecule is CC1=C(/C=C/C(=O)N2CC[C@@H](N)C2)C(C)(C)CCC1. The normalized spacial score (nSPS) is 27.4. The molecule has 1 atom stereocenters. The Morgan fingerprint density at radius 2 is 2.21 bits per heavy atom. The van der Waals surface area contributed by atoms with Gasteiger partial charge in [-0.15, -0.1) is 0 Å². The van der Waals surface area contributed by atoms with Crippen molar-refractivity contribution in [2.24, 2.45) is 11.1 Å². The minimum Gasteiger partial charge on any atom is -0.338 e. The van der Waals surface area contributed by atoms with Crippen molar-refractivity contribution in [2.45, 2.75) is 52.5 Å². The minimum absolute atomic E-state index is 0.106. The number of rotatable bonds is 2. The van der Waals surface area contributed by atoms with Crippen LogP contribution < -0.4 is 5.73 Å². The lowest BCUT2D eigenvalue weighted by Gasteiger charge is -2.33. The zero-order valence-corrected chi connectivity index (χ0v) is 12.4. The summed E-state index contributed by atoms with van der Waals surface area (Å²) in [5, 5.41) is 0. The molecular weight excluding hydrogens is 236 g/mol. The van der Waals surface area contributed by atoms with Crippen molar-refractivity contribution in [3.8, 4) is 0 Å². The zero-order chi connectivity index (χ0) is 14.0. The highest BCUT2D eigenvalue weighted by Gasteiger charge is 2.27. The number of nitrogens with zero attached hydrogens (tertiary/aromatic N) is 1. The lowest BCUT2D eigenvalue weighted by atomic mass is 9.72. The molecule has 1 aliphatic carbocycles. The Hall–Kier alpha value is -1.09. The standard InChI is InChI=1S/C16H26N2O/c1-12-5-4-9-16(2,3)14(12)6-7-15(19)18-10-8-13(17)11-18/h6-7,13H,4-5,8-11,17H2,1-3H3/b7-6+/t13-/m1/s1. The van der Waals surface area contributed by atoms with Crippen LogP contribution in [-0.2, 0) is 4.79 Å². The number of nitrogens with two attached hydrogens (primary N) is 1. The molecule has 3 nitrogen and oxygen atoms in total. The first kappa shape index (κ1) is 14.3. The van der Waals surface area contributed by atoms with Crippen LogP contribution in [0.5, 0.6) is 0 Å². The van der Waals surface area contributed by atoms with Crippen LogP contribution in [0.1, 0.15) is 46.5 Å². The van der Waals surface area contributed by atoms with Gasteiger partial charge in [-0.1, -0.05) is 25.5 Å². The van der Waals surface area contributed by atoms with Crippen molar-refractivity contribution >= 4 is 5.91 Å². The average molecular weight is 262 g/mol. The fraction of sp³-hybridized carbons (Fsp3) is 0.688. The fourth-order valence-corrected chi connectivity index (χ4v) is 3.26. The molecule has 3 heteroatoms. The van der Waals surface area contributed by atoms with Crippen LogP contribution in [0.25, 0.3) is 0 Å². The molecule has 2 N–H and O–H groups in total. The Kier molecular flexibility index (Phi) is 4.14. The maximum atomic E-state index is 12.1. The second-order valence-electron chi connectivity index (χ2n) is 6.60. The van der Waals surface area contributed by atoms with E-state index in [0.29, 0.717) is 6.54 Å². The van der Waals surface area contributed by atoms with Gasteiger partial charge >= 0.3 is 0 Å². The molecule has 106 valence electrons. The van der Waals surface area contributed by atoms with Crippen molar-refractivity contribution in [1.29, 1.82) is 0 Å². The van der Waals surface area contributed by atoms with Gasteiger partial charge < -0.3 is 10.6 Å². The van der Waals surface area contributed by atoms with E-state index >= 15 is 0 Å². The molecule has 1 saturated heterocycles. The second kappa shape index (κ2) is 5.49. The quantitative estimate of drug-likeness (QED) is 0.778. The number of amides is 1. The van der Waals surface area contributed by atoms with Crippen LogP contribution in [0.4, 0.5) is 0 Å². The van der Waals surface area contributed by atoms with Crippen LogP contribution in [-0.4, -0.2) is 29.9 Å². The van der Waals surface area contributed by atoms with E-state index in [1.54, 1.807) is 6.08 Å². The zero-order valence-electron chi connectivity index (χ0n) is 12.4. The van der Waals surface area contributed by atoms with E-state index in [-0.39, 0.29) is 17.4 Å². The van der Waals surface area contributed by atoms with Gasteiger partial charge in [0.05, 0.1) is 0 Å². The van der Waals surface area contributed by atoms with Gasteiger partial charge in [-0.05, 0) is 43.6 Å². The Labute approximate surface area is 116 Å². The van der Waals surface area contributed by atoms with Crippen LogP contribution in [0.3, 0.4) is 0 Å².